The molecule has 5 rings (SSSR count). The SMILES string of the molecule is CN1CCn2c(nc(-c3ccncn3)cc2=O)C(NC(=O)c2cc(F)cc3c2OCOC3)C1. The van der Waals surface area contributed by atoms with E-state index >= 15 is 0 Å². The van der Waals surface area contributed by atoms with Gasteiger partial charge >= 0.3 is 0 Å². The molecule has 1 unspecified atom stereocenters. The minimum absolute atomic E-state index is 0.0207. The highest BCUT2D eigenvalue weighted by atomic mass is 19.1. The second kappa shape index (κ2) is 8.68. The van der Waals surface area contributed by atoms with Gasteiger partial charge in [0.1, 0.15) is 29.8 Å². The van der Waals surface area contributed by atoms with Crippen LogP contribution >= 0.6 is 0 Å². The minimum atomic E-state index is -0.627. The molecule has 11 heteroatoms. The predicted octanol–water partition coefficient (Wildman–Crippen LogP) is 1.12. The van der Waals surface area contributed by atoms with Gasteiger partial charge in [-0.2, -0.15) is 0 Å². The zero-order valence-electron chi connectivity index (χ0n) is 17.8. The van der Waals surface area contributed by atoms with E-state index in [9.17, 15) is 14.0 Å². The van der Waals surface area contributed by atoms with Gasteiger partial charge in [0, 0.05) is 37.5 Å². The van der Waals surface area contributed by atoms with Gasteiger partial charge in [-0.15, -0.1) is 0 Å². The van der Waals surface area contributed by atoms with Crippen LogP contribution in [0.25, 0.3) is 11.4 Å². The molecule has 0 bridgehead atoms. The third kappa shape index (κ3) is 4.20. The lowest BCUT2D eigenvalue weighted by atomic mass is 10.1. The van der Waals surface area contributed by atoms with E-state index in [2.05, 4.69) is 20.3 Å². The van der Waals surface area contributed by atoms with Crippen LogP contribution in [-0.2, 0) is 17.9 Å². The van der Waals surface area contributed by atoms with Gasteiger partial charge in [0.2, 0.25) is 0 Å². The first-order valence-corrected chi connectivity index (χ1v) is 10.4. The molecule has 1 atom stereocenters. The number of hydrogen-bond donors (Lipinski definition) is 1. The minimum Gasteiger partial charge on any atom is -0.466 e. The van der Waals surface area contributed by atoms with Gasteiger partial charge in [0.05, 0.1) is 23.6 Å². The topological polar surface area (TPSA) is 111 Å². The lowest BCUT2D eigenvalue weighted by molar-refractivity contribution is -0.0170. The predicted molar refractivity (Wildman–Crippen MR) is 114 cm³/mol. The highest BCUT2D eigenvalue weighted by Gasteiger charge is 2.29. The fourth-order valence-corrected chi connectivity index (χ4v) is 4.04. The largest absolute Gasteiger partial charge is 0.466 e. The van der Waals surface area contributed by atoms with Gasteiger partial charge in [-0.1, -0.05) is 0 Å². The van der Waals surface area contributed by atoms with Gasteiger partial charge in [0.15, 0.2) is 6.79 Å². The van der Waals surface area contributed by atoms with Gasteiger partial charge in [0.25, 0.3) is 11.5 Å². The van der Waals surface area contributed by atoms with Crippen molar-refractivity contribution in [2.75, 3.05) is 26.9 Å². The lowest BCUT2D eigenvalue weighted by Crippen LogP contribution is -2.38. The summed E-state index contributed by atoms with van der Waals surface area (Å²) < 4.78 is 26.4. The Labute approximate surface area is 188 Å². The number of aromatic nitrogens is 4. The monoisotopic (exact) mass is 452 g/mol. The summed E-state index contributed by atoms with van der Waals surface area (Å²) in [6.07, 6.45) is 2.95. The maximum atomic E-state index is 14.2. The number of fused-ring (bicyclic) bond motifs is 2. The first kappa shape index (κ1) is 21.2. The molecule has 170 valence electrons. The van der Waals surface area contributed by atoms with Crippen molar-refractivity contribution in [3.63, 3.8) is 0 Å². The number of ether oxygens (including phenoxy) is 2. The Morgan fingerprint density at radius 3 is 2.94 bits per heavy atom. The van der Waals surface area contributed by atoms with E-state index in [-0.39, 0.29) is 24.5 Å². The van der Waals surface area contributed by atoms with Gasteiger partial charge < -0.3 is 19.7 Å². The molecule has 0 saturated carbocycles. The number of likely N-dealkylation sites (N-methyl/N-ethyl adjacent to an activating group) is 1. The van der Waals surface area contributed by atoms with Gasteiger partial charge in [-0.25, -0.2) is 19.3 Å². The van der Waals surface area contributed by atoms with E-state index in [0.717, 1.165) is 6.07 Å². The van der Waals surface area contributed by atoms with Crippen LogP contribution in [0.2, 0.25) is 0 Å². The Balaban J connectivity index is 1.54. The molecule has 1 aromatic carbocycles. The first-order valence-electron chi connectivity index (χ1n) is 10.4. The fourth-order valence-electron chi connectivity index (χ4n) is 4.04. The first-order chi connectivity index (χ1) is 16.0. The van der Waals surface area contributed by atoms with Crippen molar-refractivity contribution in [1.29, 1.82) is 0 Å². The van der Waals surface area contributed by atoms with Crippen LogP contribution in [0, 0.1) is 5.82 Å². The van der Waals surface area contributed by atoms with Crippen molar-refractivity contribution >= 4 is 5.91 Å². The highest BCUT2D eigenvalue weighted by Crippen LogP contribution is 2.30. The lowest BCUT2D eigenvalue weighted by Gasteiger charge is -2.24. The Morgan fingerprint density at radius 1 is 1.24 bits per heavy atom. The van der Waals surface area contributed by atoms with E-state index in [1.165, 1.54) is 18.5 Å². The summed E-state index contributed by atoms with van der Waals surface area (Å²) in [5, 5.41) is 2.92. The average Bonchev–Trinajstić information content (AvgIpc) is 2.97. The number of halogens is 1. The molecule has 0 radical (unpaired) electrons. The quantitative estimate of drug-likeness (QED) is 0.630. The third-order valence-corrected chi connectivity index (χ3v) is 5.62. The summed E-state index contributed by atoms with van der Waals surface area (Å²) in [5.41, 5.74) is 1.18. The number of carbonyl (C=O) groups excluding carboxylic acids is 1. The van der Waals surface area contributed by atoms with Crippen LogP contribution in [0.5, 0.6) is 5.75 Å². The number of rotatable bonds is 3. The molecule has 2 aromatic heterocycles. The molecular formula is C22H21FN6O4. The van der Waals surface area contributed by atoms with E-state index in [4.69, 9.17) is 9.47 Å². The third-order valence-electron chi connectivity index (χ3n) is 5.62. The van der Waals surface area contributed by atoms with Crippen LogP contribution in [0.15, 0.2) is 41.6 Å². The van der Waals surface area contributed by atoms with Crippen molar-refractivity contribution in [2.45, 2.75) is 19.2 Å². The van der Waals surface area contributed by atoms with Crippen LogP contribution < -0.4 is 15.6 Å². The number of hydrogen-bond acceptors (Lipinski definition) is 8. The molecule has 0 spiro atoms. The Kier molecular flexibility index (Phi) is 5.56. The molecule has 10 nitrogen and oxygen atoms in total. The summed E-state index contributed by atoms with van der Waals surface area (Å²) in [6.45, 7) is 1.56. The highest BCUT2D eigenvalue weighted by molar-refractivity contribution is 5.97. The fraction of sp³-hybridized carbons (Fsp3) is 0.318. The van der Waals surface area contributed by atoms with E-state index in [1.807, 2.05) is 11.9 Å². The molecule has 33 heavy (non-hydrogen) atoms. The van der Waals surface area contributed by atoms with Crippen LogP contribution in [-0.4, -0.2) is 57.3 Å². The zero-order valence-corrected chi connectivity index (χ0v) is 17.8. The van der Waals surface area contributed by atoms with Gasteiger partial charge in [-0.3, -0.25) is 14.2 Å². The van der Waals surface area contributed by atoms with Crippen molar-refractivity contribution in [2.24, 2.45) is 0 Å². The molecule has 0 fully saturated rings. The van der Waals surface area contributed by atoms with E-state index in [0.29, 0.717) is 48.2 Å². The van der Waals surface area contributed by atoms with Crippen LogP contribution in [0.4, 0.5) is 4.39 Å². The van der Waals surface area contributed by atoms with Crippen molar-refractivity contribution in [1.82, 2.24) is 29.7 Å². The molecule has 3 aromatic rings. The summed E-state index contributed by atoms with van der Waals surface area (Å²) in [5.74, 6) is -0.390. The second-order valence-corrected chi connectivity index (χ2v) is 7.92. The zero-order chi connectivity index (χ0) is 22.9. The van der Waals surface area contributed by atoms with Gasteiger partial charge in [-0.05, 0) is 25.2 Å². The number of carbonyl (C=O) groups is 1. The molecule has 2 aliphatic heterocycles. The number of nitrogens with one attached hydrogen (secondary N) is 1. The van der Waals surface area contributed by atoms with E-state index < -0.39 is 17.8 Å². The number of benzene rings is 1. The molecule has 1 N–H and O–H groups in total. The average molecular weight is 452 g/mol. The molecule has 1 amide bonds. The maximum Gasteiger partial charge on any atom is 0.255 e. The Morgan fingerprint density at radius 2 is 2.12 bits per heavy atom. The standard InChI is InChI=1S/C22H21FN6O4/c1-28-4-5-29-19(30)8-17(16-2-3-24-11-25-16)26-21(29)18(9-28)27-22(31)15-7-14(23)6-13-10-32-12-33-20(13)15/h2-3,6-8,11,18H,4-5,9-10,12H2,1H3,(H,27,31). The number of amides is 1. The smallest absolute Gasteiger partial charge is 0.255 e. The summed E-state index contributed by atoms with van der Waals surface area (Å²) >= 11 is 0. The van der Waals surface area contributed by atoms with E-state index in [1.54, 1.807) is 16.8 Å². The summed E-state index contributed by atoms with van der Waals surface area (Å²) in [7, 11) is 1.89. The summed E-state index contributed by atoms with van der Waals surface area (Å²) in [4.78, 5) is 40.9. The molecule has 0 saturated heterocycles. The maximum absolute atomic E-state index is 14.2. The molecule has 4 heterocycles. The van der Waals surface area contributed by atoms with Crippen molar-refractivity contribution in [3.05, 3.63) is 69.9 Å². The Hall–Kier alpha value is -3.70. The van der Waals surface area contributed by atoms with Crippen molar-refractivity contribution < 1.29 is 18.7 Å². The summed E-state index contributed by atoms with van der Waals surface area (Å²) in [6, 6.07) is 4.88. The second-order valence-electron chi connectivity index (χ2n) is 7.92. The molecule has 2 aliphatic rings. The molecular weight excluding hydrogens is 431 g/mol. The van der Waals surface area contributed by atoms with Crippen LogP contribution in [0.3, 0.4) is 0 Å². The number of nitrogens with zero attached hydrogens (tertiary/aromatic N) is 5. The van der Waals surface area contributed by atoms with Crippen molar-refractivity contribution in [3.8, 4) is 17.1 Å². The molecule has 0 aliphatic carbocycles. The normalized spacial score (nSPS) is 17.9. The van der Waals surface area contributed by atoms with Crippen LogP contribution in [0.1, 0.15) is 27.8 Å². The Bertz CT molecular complexity index is 1270.